The Bertz CT molecular complexity index is 350. The molecule has 0 bridgehead atoms. The van der Waals surface area contributed by atoms with Gasteiger partial charge in [-0.2, -0.15) is 0 Å². The van der Waals surface area contributed by atoms with Gasteiger partial charge in [0.1, 0.15) is 0 Å². The molecular formula is C14H22OSi. The van der Waals surface area contributed by atoms with Gasteiger partial charge in [-0.05, 0) is 18.1 Å². The molecule has 0 radical (unpaired) electrons. The average molecular weight is 234 g/mol. The Labute approximate surface area is 100 Å². The highest BCUT2D eigenvalue weighted by Crippen LogP contribution is 2.06. The van der Waals surface area contributed by atoms with Gasteiger partial charge < -0.3 is 4.74 Å². The summed E-state index contributed by atoms with van der Waals surface area (Å²) in [6, 6.07) is 8.76. The molecule has 0 fully saturated rings. The first-order valence-electron chi connectivity index (χ1n) is 5.92. The zero-order chi connectivity index (χ0) is 12.0. The van der Waals surface area contributed by atoms with E-state index in [4.69, 9.17) is 4.74 Å². The van der Waals surface area contributed by atoms with Gasteiger partial charge in [0, 0.05) is 0 Å². The Morgan fingerprint density at radius 3 is 2.62 bits per heavy atom. The first-order valence-corrected chi connectivity index (χ1v) is 9.42. The van der Waals surface area contributed by atoms with Gasteiger partial charge in [-0.3, -0.25) is 0 Å². The summed E-state index contributed by atoms with van der Waals surface area (Å²) in [4.78, 5) is 0. The molecule has 0 saturated heterocycles. The van der Waals surface area contributed by atoms with Crippen LogP contribution in [0.15, 0.2) is 30.5 Å². The van der Waals surface area contributed by atoms with E-state index in [1.54, 1.807) is 6.26 Å². The Balaban J connectivity index is 2.71. The lowest BCUT2D eigenvalue weighted by atomic mass is 10.2. The summed E-state index contributed by atoms with van der Waals surface area (Å²) in [6.07, 6.45) is 4.89. The molecule has 0 N–H and O–H groups in total. The largest absolute Gasteiger partial charge is 0.501 e. The van der Waals surface area contributed by atoms with Crippen molar-refractivity contribution in [2.24, 2.45) is 0 Å². The maximum absolute atomic E-state index is 5.34. The second kappa shape index (κ2) is 5.90. The molecule has 0 unspecified atom stereocenters. The minimum Gasteiger partial charge on any atom is -0.501 e. The van der Waals surface area contributed by atoms with Gasteiger partial charge in [0.2, 0.25) is 0 Å². The van der Waals surface area contributed by atoms with Crippen LogP contribution in [0.2, 0.25) is 19.6 Å². The molecule has 0 atom stereocenters. The second-order valence-electron chi connectivity index (χ2n) is 5.05. The number of rotatable bonds is 5. The summed E-state index contributed by atoms with van der Waals surface area (Å²) in [6.45, 7) is 10.0. The van der Waals surface area contributed by atoms with Crippen molar-refractivity contribution in [2.75, 3.05) is 6.61 Å². The van der Waals surface area contributed by atoms with Gasteiger partial charge in [0.25, 0.3) is 0 Å². The van der Waals surface area contributed by atoms with E-state index in [9.17, 15) is 0 Å². The van der Waals surface area contributed by atoms with Crippen LogP contribution in [0.25, 0.3) is 6.08 Å². The van der Waals surface area contributed by atoms with Crippen LogP contribution in [0.3, 0.4) is 0 Å². The molecule has 0 saturated carbocycles. The summed E-state index contributed by atoms with van der Waals surface area (Å²) in [5.74, 6) is 0. The summed E-state index contributed by atoms with van der Waals surface area (Å²) < 4.78 is 5.34. The summed E-state index contributed by atoms with van der Waals surface area (Å²) in [5.41, 5.74) is 1.23. The molecule has 2 heteroatoms. The van der Waals surface area contributed by atoms with Gasteiger partial charge in [0.15, 0.2) is 0 Å². The van der Waals surface area contributed by atoms with Crippen molar-refractivity contribution in [3.63, 3.8) is 0 Å². The highest BCUT2D eigenvalue weighted by molar-refractivity contribution is 6.88. The fraction of sp³-hybridized carbons (Fsp3) is 0.429. The number of benzene rings is 1. The van der Waals surface area contributed by atoms with Gasteiger partial charge in [0.05, 0.1) is 20.9 Å². The molecule has 0 heterocycles. The minimum atomic E-state index is -1.19. The number of ether oxygens (including phenoxy) is 1. The topological polar surface area (TPSA) is 9.23 Å². The highest BCUT2D eigenvalue weighted by Gasteiger charge is 2.15. The van der Waals surface area contributed by atoms with Crippen LogP contribution in [0.5, 0.6) is 0 Å². The molecule has 1 rings (SSSR count). The maximum atomic E-state index is 5.34. The molecule has 88 valence electrons. The van der Waals surface area contributed by atoms with E-state index in [1.807, 2.05) is 6.08 Å². The third kappa shape index (κ3) is 4.23. The molecule has 0 aromatic heterocycles. The Hall–Kier alpha value is -1.02. The fourth-order valence-corrected chi connectivity index (χ4v) is 2.62. The van der Waals surface area contributed by atoms with Gasteiger partial charge in [-0.15, -0.1) is 0 Å². The molecule has 0 amide bonds. The van der Waals surface area contributed by atoms with E-state index < -0.39 is 8.07 Å². The zero-order valence-electron chi connectivity index (χ0n) is 10.8. The zero-order valence-corrected chi connectivity index (χ0v) is 11.8. The summed E-state index contributed by atoms with van der Waals surface area (Å²) in [7, 11) is -1.19. The van der Waals surface area contributed by atoms with Crippen molar-refractivity contribution in [1.29, 1.82) is 0 Å². The molecule has 0 aliphatic heterocycles. The molecule has 1 nitrogen and oxygen atoms in total. The molecule has 1 aromatic rings. The Morgan fingerprint density at radius 2 is 2.00 bits per heavy atom. The molecular weight excluding hydrogens is 212 g/mol. The monoisotopic (exact) mass is 234 g/mol. The molecule has 16 heavy (non-hydrogen) atoms. The van der Waals surface area contributed by atoms with Crippen molar-refractivity contribution in [2.45, 2.75) is 33.0 Å². The summed E-state index contributed by atoms with van der Waals surface area (Å²) >= 11 is 0. The van der Waals surface area contributed by atoms with Crippen LogP contribution in [-0.4, -0.2) is 14.7 Å². The van der Waals surface area contributed by atoms with Gasteiger partial charge >= 0.3 is 0 Å². The Morgan fingerprint density at radius 1 is 1.25 bits per heavy atom. The van der Waals surface area contributed by atoms with Crippen LogP contribution in [0.4, 0.5) is 0 Å². The first-order chi connectivity index (χ1) is 7.54. The van der Waals surface area contributed by atoms with Crippen LogP contribution in [0.1, 0.15) is 18.9 Å². The minimum absolute atomic E-state index is 0.796. The fourth-order valence-electron chi connectivity index (χ4n) is 1.42. The normalized spacial score (nSPS) is 12.0. The van der Waals surface area contributed by atoms with E-state index in [0.717, 1.165) is 13.0 Å². The lowest BCUT2D eigenvalue weighted by molar-refractivity contribution is 0.252. The molecule has 0 spiro atoms. The van der Waals surface area contributed by atoms with Crippen LogP contribution < -0.4 is 5.19 Å². The van der Waals surface area contributed by atoms with Crippen LogP contribution in [-0.2, 0) is 4.74 Å². The maximum Gasteiger partial charge on any atom is 0.0870 e. The molecule has 0 aliphatic carbocycles. The van der Waals surface area contributed by atoms with Crippen LogP contribution in [0, 0.1) is 0 Å². The van der Waals surface area contributed by atoms with E-state index in [-0.39, 0.29) is 0 Å². The average Bonchev–Trinajstić information content (AvgIpc) is 2.24. The van der Waals surface area contributed by atoms with E-state index in [1.165, 1.54) is 10.8 Å². The second-order valence-corrected chi connectivity index (χ2v) is 10.1. The Kier molecular flexibility index (Phi) is 4.81. The lowest BCUT2D eigenvalue weighted by Crippen LogP contribution is -2.37. The highest BCUT2D eigenvalue weighted by atomic mass is 28.3. The summed E-state index contributed by atoms with van der Waals surface area (Å²) in [5, 5.41) is 1.49. The molecule has 0 aliphatic rings. The third-order valence-corrected chi connectivity index (χ3v) is 4.47. The predicted octanol–water partition coefficient (Wildman–Crippen LogP) is 3.63. The van der Waals surface area contributed by atoms with Crippen molar-refractivity contribution in [3.05, 3.63) is 36.1 Å². The van der Waals surface area contributed by atoms with Gasteiger partial charge in [-0.1, -0.05) is 56.0 Å². The van der Waals surface area contributed by atoms with Crippen LogP contribution >= 0.6 is 0 Å². The molecule has 1 aromatic carbocycles. The van der Waals surface area contributed by atoms with Crippen molar-refractivity contribution < 1.29 is 4.74 Å². The predicted molar refractivity (Wildman–Crippen MR) is 74.7 cm³/mol. The number of hydrogen-bond acceptors (Lipinski definition) is 1. The standard InChI is InChI=1S/C14H22OSi/c1-5-10-15-11-9-13-7-6-8-14(12-13)16(2,3)4/h6-9,11-12H,5,10H2,1-4H3. The van der Waals surface area contributed by atoms with Crippen molar-refractivity contribution >= 4 is 19.3 Å². The smallest absolute Gasteiger partial charge is 0.0870 e. The van der Waals surface area contributed by atoms with Crippen molar-refractivity contribution in [3.8, 4) is 0 Å². The third-order valence-electron chi connectivity index (χ3n) is 2.43. The van der Waals surface area contributed by atoms with Crippen molar-refractivity contribution in [1.82, 2.24) is 0 Å². The van der Waals surface area contributed by atoms with Gasteiger partial charge in [-0.25, -0.2) is 0 Å². The quantitative estimate of drug-likeness (QED) is 0.429. The SMILES string of the molecule is CCCOC=Cc1cccc([Si](C)(C)C)c1. The number of hydrogen-bond donors (Lipinski definition) is 0. The van der Waals surface area contributed by atoms with E-state index in [0.29, 0.717) is 0 Å². The van der Waals surface area contributed by atoms with E-state index in [2.05, 4.69) is 50.8 Å². The van der Waals surface area contributed by atoms with E-state index >= 15 is 0 Å². The lowest BCUT2D eigenvalue weighted by Gasteiger charge is -2.16. The first kappa shape index (κ1) is 13.0.